The summed E-state index contributed by atoms with van der Waals surface area (Å²) in [6.45, 7) is 5.55. The van der Waals surface area contributed by atoms with E-state index in [1.54, 1.807) is 6.07 Å². The highest BCUT2D eigenvalue weighted by Gasteiger charge is 2.25. The SMILES string of the molecule is Br.Cc1nc2n(c(=O)c1CCN1CCC(c3noc4cc(F)ccc34)CC1)CCCC2. The van der Waals surface area contributed by atoms with Crippen molar-refractivity contribution in [2.75, 3.05) is 19.6 Å². The van der Waals surface area contributed by atoms with Crippen molar-refractivity contribution >= 4 is 28.0 Å². The lowest BCUT2D eigenvalue weighted by Gasteiger charge is -2.31. The molecular formula is C23H28BrFN4O2. The Bertz CT molecular complexity index is 1130. The van der Waals surface area contributed by atoms with Gasteiger partial charge < -0.3 is 9.42 Å². The van der Waals surface area contributed by atoms with Crippen molar-refractivity contribution < 1.29 is 8.91 Å². The van der Waals surface area contributed by atoms with Gasteiger partial charge in [-0.15, -0.1) is 17.0 Å². The summed E-state index contributed by atoms with van der Waals surface area (Å²) in [5.74, 6) is 0.974. The first-order valence-corrected chi connectivity index (χ1v) is 11.0. The maximum atomic E-state index is 13.4. The fourth-order valence-electron chi connectivity index (χ4n) is 4.94. The molecule has 2 aliphatic rings. The largest absolute Gasteiger partial charge is 0.356 e. The fourth-order valence-corrected chi connectivity index (χ4v) is 4.94. The molecule has 0 bridgehead atoms. The monoisotopic (exact) mass is 490 g/mol. The zero-order chi connectivity index (χ0) is 20.7. The minimum Gasteiger partial charge on any atom is -0.356 e. The molecule has 31 heavy (non-hydrogen) atoms. The number of piperidine rings is 1. The Hall–Kier alpha value is -2.06. The summed E-state index contributed by atoms with van der Waals surface area (Å²) in [5.41, 5.74) is 3.38. The number of halogens is 2. The third-order valence-electron chi connectivity index (χ3n) is 6.69. The minimum atomic E-state index is -0.303. The van der Waals surface area contributed by atoms with Crippen LogP contribution in [0.3, 0.4) is 0 Å². The second-order valence-electron chi connectivity index (χ2n) is 8.58. The van der Waals surface area contributed by atoms with Crippen LogP contribution >= 0.6 is 17.0 Å². The van der Waals surface area contributed by atoms with E-state index in [-0.39, 0.29) is 28.4 Å². The number of hydrogen-bond donors (Lipinski definition) is 0. The molecule has 0 atom stereocenters. The smallest absolute Gasteiger partial charge is 0.256 e. The van der Waals surface area contributed by atoms with E-state index >= 15 is 0 Å². The summed E-state index contributed by atoms with van der Waals surface area (Å²) < 4.78 is 20.6. The molecule has 1 saturated heterocycles. The van der Waals surface area contributed by atoms with E-state index < -0.39 is 0 Å². The molecule has 1 fully saturated rings. The van der Waals surface area contributed by atoms with Crippen molar-refractivity contribution in [3.8, 4) is 0 Å². The average molecular weight is 491 g/mol. The zero-order valence-electron chi connectivity index (χ0n) is 17.8. The quantitative estimate of drug-likeness (QED) is 0.549. The Kier molecular flexibility index (Phi) is 6.57. The molecule has 0 N–H and O–H groups in total. The summed E-state index contributed by atoms with van der Waals surface area (Å²) >= 11 is 0. The van der Waals surface area contributed by atoms with Crippen molar-refractivity contribution in [1.82, 2.24) is 19.6 Å². The lowest BCUT2D eigenvalue weighted by Crippen LogP contribution is -2.37. The molecule has 6 nitrogen and oxygen atoms in total. The fraction of sp³-hybridized carbons (Fsp3) is 0.522. The molecule has 166 valence electrons. The highest BCUT2D eigenvalue weighted by molar-refractivity contribution is 8.93. The van der Waals surface area contributed by atoms with E-state index in [1.165, 1.54) is 12.1 Å². The van der Waals surface area contributed by atoms with E-state index in [9.17, 15) is 9.18 Å². The summed E-state index contributed by atoms with van der Waals surface area (Å²) in [6.07, 6.45) is 5.81. The lowest BCUT2D eigenvalue weighted by atomic mass is 9.91. The molecule has 0 unspecified atom stereocenters. The average Bonchev–Trinajstić information content (AvgIpc) is 3.17. The number of rotatable bonds is 4. The molecule has 0 saturated carbocycles. The van der Waals surface area contributed by atoms with Gasteiger partial charge in [0.15, 0.2) is 5.58 Å². The van der Waals surface area contributed by atoms with Crippen LogP contribution < -0.4 is 5.56 Å². The molecule has 2 aromatic heterocycles. The number of nitrogens with zero attached hydrogens (tertiary/aromatic N) is 4. The van der Waals surface area contributed by atoms with Gasteiger partial charge in [-0.2, -0.15) is 0 Å². The summed E-state index contributed by atoms with van der Waals surface area (Å²) in [5, 5.41) is 5.15. The van der Waals surface area contributed by atoms with Gasteiger partial charge in [-0.25, -0.2) is 9.37 Å². The van der Waals surface area contributed by atoms with Crippen LogP contribution in [-0.2, 0) is 19.4 Å². The number of hydrogen-bond acceptors (Lipinski definition) is 5. The molecule has 1 aromatic carbocycles. The van der Waals surface area contributed by atoms with E-state index in [0.29, 0.717) is 11.5 Å². The topological polar surface area (TPSA) is 64.2 Å². The molecule has 0 amide bonds. The maximum absolute atomic E-state index is 13.4. The summed E-state index contributed by atoms with van der Waals surface area (Å²) in [7, 11) is 0. The first-order chi connectivity index (χ1) is 14.6. The minimum absolute atomic E-state index is 0. The third-order valence-corrected chi connectivity index (χ3v) is 6.69. The van der Waals surface area contributed by atoms with Gasteiger partial charge in [-0.3, -0.25) is 9.36 Å². The number of aromatic nitrogens is 3. The van der Waals surface area contributed by atoms with Crippen LogP contribution in [0.15, 0.2) is 27.5 Å². The van der Waals surface area contributed by atoms with Crippen LogP contribution in [0, 0.1) is 12.7 Å². The van der Waals surface area contributed by atoms with Gasteiger partial charge in [0, 0.05) is 48.1 Å². The number of likely N-dealkylation sites (tertiary alicyclic amines) is 1. The normalized spacial score (nSPS) is 17.5. The first kappa shape index (κ1) is 22.1. The highest BCUT2D eigenvalue weighted by Crippen LogP contribution is 2.32. The van der Waals surface area contributed by atoms with Crippen LogP contribution in [0.4, 0.5) is 4.39 Å². The molecule has 0 radical (unpaired) electrons. The number of fused-ring (bicyclic) bond motifs is 2. The standard InChI is InChI=1S/C23H27FN4O2.BrH/c1-15-18(23(29)28-10-3-2-4-21(28)25-15)9-13-27-11-7-16(8-12-27)22-19-6-5-17(24)14-20(19)30-26-22;/h5-6,14,16H,2-4,7-13H2,1H3;1H. The second kappa shape index (κ2) is 9.20. The maximum Gasteiger partial charge on any atom is 0.256 e. The number of aryl methyl sites for hydroxylation is 2. The lowest BCUT2D eigenvalue weighted by molar-refractivity contribution is 0.211. The van der Waals surface area contributed by atoms with Gasteiger partial charge in [0.1, 0.15) is 11.6 Å². The van der Waals surface area contributed by atoms with Crippen molar-refractivity contribution in [2.45, 2.75) is 57.9 Å². The molecule has 3 aromatic rings. The molecule has 0 aliphatic carbocycles. The van der Waals surface area contributed by atoms with Crippen LogP contribution in [0.25, 0.3) is 11.0 Å². The Morgan fingerprint density at radius 2 is 2.00 bits per heavy atom. The van der Waals surface area contributed by atoms with Crippen molar-refractivity contribution in [3.05, 3.63) is 57.1 Å². The molecule has 5 rings (SSSR count). The van der Waals surface area contributed by atoms with Gasteiger partial charge in [0.25, 0.3) is 5.56 Å². The highest BCUT2D eigenvalue weighted by atomic mass is 79.9. The van der Waals surface area contributed by atoms with Crippen LogP contribution in [0.2, 0.25) is 0 Å². The first-order valence-electron chi connectivity index (χ1n) is 11.0. The Morgan fingerprint density at radius 3 is 2.81 bits per heavy atom. The van der Waals surface area contributed by atoms with Crippen LogP contribution in [0.5, 0.6) is 0 Å². The molecule has 0 spiro atoms. The van der Waals surface area contributed by atoms with E-state index in [2.05, 4.69) is 10.1 Å². The van der Waals surface area contributed by atoms with Gasteiger partial charge in [0.05, 0.1) is 5.69 Å². The van der Waals surface area contributed by atoms with E-state index in [0.717, 1.165) is 92.9 Å². The van der Waals surface area contributed by atoms with Crippen molar-refractivity contribution in [1.29, 1.82) is 0 Å². The van der Waals surface area contributed by atoms with E-state index in [1.807, 2.05) is 11.5 Å². The molecule has 8 heteroatoms. The predicted molar refractivity (Wildman–Crippen MR) is 123 cm³/mol. The molecule has 4 heterocycles. The van der Waals surface area contributed by atoms with Crippen molar-refractivity contribution in [3.63, 3.8) is 0 Å². The van der Waals surface area contributed by atoms with Gasteiger partial charge in [0.2, 0.25) is 0 Å². The Morgan fingerprint density at radius 1 is 1.19 bits per heavy atom. The van der Waals surface area contributed by atoms with Gasteiger partial charge >= 0.3 is 0 Å². The second-order valence-corrected chi connectivity index (χ2v) is 8.58. The number of benzene rings is 1. The third kappa shape index (κ3) is 4.32. The molecular weight excluding hydrogens is 463 g/mol. The predicted octanol–water partition coefficient (Wildman–Crippen LogP) is 4.17. The Labute approximate surface area is 191 Å². The van der Waals surface area contributed by atoms with Gasteiger partial charge in [-0.1, -0.05) is 5.16 Å². The summed E-state index contributed by atoms with van der Waals surface area (Å²) in [6, 6.07) is 4.63. The van der Waals surface area contributed by atoms with Crippen LogP contribution in [0.1, 0.15) is 54.4 Å². The summed E-state index contributed by atoms with van der Waals surface area (Å²) in [4.78, 5) is 20.1. The zero-order valence-corrected chi connectivity index (χ0v) is 19.5. The van der Waals surface area contributed by atoms with Crippen molar-refractivity contribution in [2.24, 2.45) is 0 Å². The van der Waals surface area contributed by atoms with Gasteiger partial charge in [-0.05, 0) is 64.3 Å². The molecule has 2 aliphatic heterocycles. The van der Waals surface area contributed by atoms with Crippen LogP contribution in [-0.4, -0.2) is 39.2 Å². The Balaban J connectivity index is 0.00000231. The van der Waals surface area contributed by atoms with E-state index in [4.69, 9.17) is 9.51 Å².